The summed E-state index contributed by atoms with van der Waals surface area (Å²) < 4.78 is 0. The highest BCUT2D eigenvalue weighted by Crippen LogP contribution is 2.10. The predicted octanol–water partition coefficient (Wildman–Crippen LogP) is -0.243. The molecule has 1 rings (SSSR count). The minimum absolute atomic E-state index is 0.000675. The van der Waals surface area contributed by atoms with Crippen LogP contribution in [0.2, 0.25) is 0 Å². The Bertz CT molecular complexity index is 299. The van der Waals surface area contributed by atoms with Crippen molar-refractivity contribution >= 4 is 11.5 Å². The van der Waals surface area contributed by atoms with E-state index in [9.17, 15) is 10.1 Å². The van der Waals surface area contributed by atoms with Crippen molar-refractivity contribution in [2.24, 2.45) is 0 Å². The minimum Gasteiger partial charge on any atom is -0.477 e. The van der Waals surface area contributed by atoms with Gasteiger partial charge in [0, 0.05) is 6.07 Å². The van der Waals surface area contributed by atoms with Crippen molar-refractivity contribution in [2.75, 3.05) is 18.4 Å². The molecule has 0 spiro atoms. The molecule has 3 N–H and O–H groups in total. The molecule has 0 saturated carbocycles. The molecule has 0 atom stereocenters. The smallest absolute Gasteiger partial charge is 0.287 e. The summed E-state index contributed by atoms with van der Waals surface area (Å²) in [6, 6.07) is 3.00. The first-order chi connectivity index (χ1) is 6.74. The fourth-order valence-electron chi connectivity index (χ4n) is 0.901. The molecule has 0 amide bonds. The van der Waals surface area contributed by atoms with Gasteiger partial charge in [0.2, 0.25) is 0 Å². The fraction of sp³-hybridized carbons (Fsp3) is 0.250. The molecule has 1 aromatic rings. The van der Waals surface area contributed by atoms with Gasteiger partial charge >= 0.3 is 0 Å². The van der Waals surface area contributed by atoms with Crippen LogP contribution in [-0.2, 0) is 0 Å². The van der Waals surface area contributed by atoms with Crippen LogP contribution >= 0.6 is 0 Å². The zero-order valence-corrected chi connectivity index (χ0v) is 7.64. The molecule has 1 aromatic heterocycles. The lowest BCUT2D eigenvalue weighted by Crippen LogP contribution is -2.78. The molecule has 6 nitrogen and oxygen atoms in total. The summed E-state index contributed by atoms with van der Waals surface area (Å²) in [4.78, 5) is 13.7. The zero-order valence-electron chi connectivity index (χ0n) is 7.64. The summed E-state index contributed by atoms with van der Waals surface area (Å²) in [7, 11) is 3.58. The summed E-state index contributed by atoms with van der Waals surface area (Å²) in [6.07, 6.45) is 1.23. The number of rotatable bonds is 5. The topological polar surface area (TPSA) is 84.7 Å². The number of nitrogens with zero attached hydrogens (tertiary/aromatic N) is 2. The van der Waals surface area contributed by atoms with Gasteiger partial charge in [-0.3, -0.25) is 10.1 Å². The Morgan fingerprint density at radius 1 is 1.64 bits per heavy atom. The van der Waals surface area contributed by atoms with Gasteiger partial charge in [0.05, 0.1) is 18.0 Å². The van der Waals surface area contributed by atoms with Crippen LogP contribution in [0.1, 0.15) is 0 Å². The van der Waals surface area contributed by atoms with Crippen LogP contribution in [0.15, 0.2) is 18.3 Å². The van der Waals surface area contributed by atoms with Gasteiger partial charge in [0.15, 0.2) is 0 Å². The van der Waals surface area contributed by atoms with E-state index in [1.165, 1.54) is 12.3 Å². The first-order valence-electron chi connectivity index (χ1n) is 4.19. The number of anilines is 1. The van der Waals surface area contributed by atoms with Gasteiger partial charge in [0.25, 0.3) is 5.69 Å². The van der Waals surface area contributed by atoms with Crippen LogP contribution in [0.25, 0.3) is 0 Å². The summed E-state index contributed by atoms with van der Waals surface area (Å²) in [5.74, 6) is 0.637. The Kier molecular flexibility index (Phi) is 3.81. The lowest BCUT2D eigenvalue weighted by atomic mass is 10.4. The van der Waals surface area contributed by atoms with E-state index < -0.39 is 4.92 Å². The predicted molar refractivity (Wildman–Crippen MR) is 51.5 cm³/mol. The van der Waals surface area contributed by atoms with Gasteiger partial charge in [-0.1, -0.05) is 0 Å². The highest BCUT2D eigenvalue weighted by Gasteiger charge is 2.04. The highest BCUT2D eigenvalue weighted by atomic mass is 16.6. The molecule has 0 unspecified atom stereocenters. The molecule has 0 aliphatic rings. The number of quaternary nitrogens is 1. The van der Waals surface area contributed by atoms with Crippen LogP contribution in [0.4, 0.5) is 11.5 Å². The number of nitro groups is 1. The maximum Gasteiger partial charge on any atom is 0.287 e. The number of hydrogen-bond acceptors (Lipinski definition) is 4. The fourth-order valence-corrected chi connectivity index (χ4v) is 0.901. The van der Waals surface area contributed by atoms with E-state index in [1.807, 2.05) is 0 Å². The van der Waals surface area contributed by atoms with Gasteiger partial charge in [-0.2, -0.15) is 7.05 Å². The van der Waals surface area contributed by atoms with Crippen LogP contribution < -0.4 is 10.6 Å². The maximum absolute atomic E-state index is 10.3. The number of aromatic nitrogens is 1. The normalized spacial score (nSPS) is 9.79. The third kappa shape index (κ3) is 2.98. The van der Waals surface area contributed by atoms with Gasteiger partial charge in [-0.05, 0) is 6.07 Å². The van der Waals surface area contributed by atoms with Crippen molar-refractivity contribution in [2.45, 2.75) is 0 Å². The maximum atomic E-state index is 10.3. The largest absolute Gasteiger partial charge is 0.477 e. The van der Waals surface area contributed by atoms with Crippen molar-refractivity contribution in [1.82, 2.24) is 4.98 Å². The Hall–Kier alpha value is -1.69. The van der Waals surface area contributed by atoms with Crippen LogP contribution in [0.5, 0.6) is 0 Å². The molecule has 0 saturated heterocycles. The van der Waals surface area contributed by atoms with Gasteiger partial charge in [0.1, 0.15) is 12.0 Å². The summed E-state index contributed by atoms with van der Waals surface area (Å²) >= 11 is 0. The van der Waals surface area contributed by atoms with Crippen molar-refractivity contribution in [3.63, 3.8) is 0 Å². The molecule has 14 heavy (non-hydrogen) atoms. The zero-order chi connectivity index (χ0) is 10.4. The summed E-state index contributed by atoms with van der Waals surface area (Å²) in [5, 5.41) is 15.1. The molecular weight excluding hydrogens is 184 g/mol. The Balaban J connectivity index is 2.51. The second kappa shape index (κ2) is 5.13. The van der Waals surface area contributed by atoms with E-state index in [2.05, 4.69) is 17.3 Å². The number of pyridine rings is 1. The Morgan fingerprint density at radius 2 is 2.43 bits per heavy atom. The SMILES string of the molecule is [CH2-][NH2+]CCNc1ccc([N+](=O)[O-])cn1. The number of hydrogen-bond donors (Lipinski definition) is 2. The molecule has 0 fully saturated rings. The quantitative estimate of drug-likeness (QED) is 0.294. The third-order valence-electron chi connectivity index (χ3n) is 1.61. The molecule has 1 heterocycles. The second-order valence-corrected chi connectivity index (χ2v) is 2.66. The third-order valence-corrected chi connectivity index (χ3v) is 1.61. The molecular formula is C8H12N4O2. The Labute approximate surface area is 81.5 Å². The van der Waals surface area contributed by atoms with Gasteiger partial charge in [-0.15, -0.1) is 0 Å². The molecule has 0 aliphatic heterocycles. The molecule has 0 aliphatic carbocycles. The molecule has 76 valence electrons. The molecule has 0 radical (unpaired) electrons. The van der Waals surface area contributed by atoms with E-state index in [1.54, 1.807) is 11.4 Å². The first-order valence-corrected chi connectivity index (χ1v) is 4.19. The van der Waals surface area contributed by atoms with E-state index in [4.69, 9.17) is 0 Å². The van der Waals surface area contributed by atoms with E-state index >= 15 is 0 Å². The number of nitrogens with one attached hydrogen (secondary N) is 1. The van der Waals surface area contributed by atoms with Gasteiger partial charge in [-0.25, -0.2) is 4.98 Å². The average molecular weight is 196 g/mol. The van der Waals surface area contributed by atoms with Crippen LogP contribution in [0, 0.1) is 17.2 Å². The van der Waals surface area contributed by atoms with E-state index in [0.29, 0.717) is 5.82 Å². The van der Waals surface area contributed by atoms with Crippen molar-refractivity contribution in [1.29, 1.82) is 0 Å². The minimum atomic E-state index is -0.472. The summed E-state index contributed by atoms with van der Waals surface area (Å²) in [6.45, 7) is 1.56. The highest BCUT2D eigenvalue weighted by molar-refractivity contribution is 5.39. The lowest BCUT2D eigenvalue weighted by molar-refractivity contribution is -0.592. The average Bonchev–Trinajstić information content (AvgIpc) is 2.19. The van der Waals surface area contributed by atoms with Crippen LogP contribution in [0.3, 0.4) is 0 Å². The first kappa shape index (κ1) is 10.4. The number of nitrogens with two attached hydrogens (primary N) is 1. The monoisotopic (exact) mass is 196 g/mol. The lowest BCUT2D eigenvalue weighted by Gasteiger charge is -2.03. The second-order valence-electron chi connectivity index (χ2n) is 2.66. The standard InChI is InChI=1S/C8H12N4O2/c1-9-4-5-10-8-3-2-7(6-11-8)12(13)14/h2-3,6H,1,4-5,9H2,(H,10,11). The van der Waals surface area contributed by atoms with Crippen molar-refractivity contribution in [3.05, 3.63) is 35.5 Å². The van der Waals surface area contributed by atoms with E-state index in [0.717, 1.165) is 13.1 Å². The molecule has 0 bridgehead atoms. The Morgan fingerprint density at radius 3 is 2.93 bits per heavy atom. The van der Waals surface area contributed by atoms with Crippen molar-refractivity contribution in [3.8, 4) is 0 Å². The van der Waals surface area contributed by atoms with Crippen LogP contribution in [-0.4, -0.2) is 23.0 Å². The van der Waals surface area contributed by atoms with Gasteiger partial charge < -0.3 is 10.6 Å². The van der Waals surface area contributed by atoms with E-state index in [-0.39, 0.29) is 5.69 Å². The van der Waals surface area contributed by atoms with Crippen molar-refractivity contribution < 1.29 is 10.2 Å². The summed E-state index contributed by atoms with van der Waals surface area (Å²) in [5.41, 5.74) is -0.000675. The molecule has 0 aromatic carbocycles. The molecule has 6 heteroatoms.